The average molecular weight is 194 g/mol. The van der Waals surface area contributed by atoms with Crippen LogP contribution in [0.15, 0.2) is 0 Å². The zero-order valence-corrected chi connectivity index (χ0v) is 7.82. The van der Waals surface area contributed by atoms with Crippen LogP contribution in [0, 0.1) is 10.8 Å². The predicted molar refractivity (Wildman–Crippen MR) is 45.4 cm³/mol. The molecule has 14 heavy (non-hydrogen) atoms. The largest absolute Gasteiger partial charge is 0.469 e. The maximum atomic E-state index is 11.4. The van der Waals surface area contributed by atoms with Gasteiger partial charge in [0, 0.05) is 5.41 Å². The molecule has 0 N–H and O–H groups in total. The van der Waals surface area contributed by atoms with Crippen molar-refractivity contribution in [3.63, 3.8) is 0 Å². The van der Waals surface area contributed by atoms with E-state index in [1.165, 1.54) is 7.11 Å². The van der Waals surface area contributed by atoms with Gasteiger partial charge >= 0.3 is 12.2 Å². The van der Waals surface area contributed by atoms with Crippen LogP contribution in [-0.2, 0) is 14.3 Å². The molecule has 0 aliphatic heterocycles. The second kappa shape index (κ2) is 2.51. The van der Waals surface area contributed by atoms with Gasteiger partial charge in [-0.15, -0.1) is 0 Å². The average Bonchev–Trinajstić information content (AvgIpc) is 1.99. The van der Waals surface area contributed by atoms with Crippen molar-refractivity contribution in [2.24, 2.45) is 10.8 Å². The Morgan fingerprint density at radius 2 is 1.93 bits per heavy atom. The van der Waals surface area contributed by atoms with E-state index in [1.807, 2.05) is 0 Å². The van der Waals surface area contributed by atoms with Crippen LogP contribution >= 0.6 is 0 Å². The number of Topliss-reactive ketones (excluding diaryl/α,β-unsaturated/α-hetero) is 1. The zero-order chi connectivity index (χ0) is 10.4. The van der Waals surface area contributed by atoms with E-state index in [1.54, 1.807) is 0 Å². The standard InChI is InChI=1S/C9H10N2O3/c1-14-7(13)9-3-8(4-9,5-9)6(12)2-11-10/h2H,3-5H2,1H3. The number of ketones is 1. The molecule has 0 atom stereocenters. The van der Waals surface area contributed by atoms with E-state index in [9.17, 15) is 9.59 Å². The molecule has 0 spiro atoms. The van der Waals surface area contributed by atoms with Crippen molar-refractivity contribution in [1.82, 2.24) is 0 Å². The van der Waals surface area contributed by atoms with Crippen LogP contribution in [0.4, 0.5) is 0 Å². The molecule has 0 saturated heterocycles. The number of carbonyl (C=O) groups is 2. The van der Waals surface area contributed by atoms with Crippen molar-refractivity contribution in [1.29, 1.82) is 0 Å². The normalized spacial score (nSPS) is 37.2. The van der Waals surface area contributed by atoms with Crippen LogP contribution in [0.1, 0.15) is 19.3 Å². The minimum Gasteiger partial charge on any atom is -0.469 e. The van der Waals surface area contributed by atoms with Gasteiger partial charge in [0.25, 0.3) is 0 Å². The highest BCUT2D eigenvalue weighted by atomic mass is 16.5. The van der Waals surface area contributed by atoms with Crippen molar-refractivity contribution in [3.05, 3.63) is 5.53 Å². The molecular formula is C9H10N2O3. The number of esters is 1. The van der Waals surface area contributed by atoms with Gasteiger partial charge in [0.2, 0.25) is 5.78 Å². The molecule has 5 heteroatoms. The summed E-state index contributed by atoms with van der Waals surface area (Å²) in [6, 6.07) is 0. The minimum atomic E-state index is -0.430. The third-order valence-electron chi connectivity index (χ3n) is 3.35. The highest BCUT2D eigenvalue weighted by Crippen LogP contribution is 2.73. The van der Waals surface area contributed by atoms with Crippen LogP contribution in [0.5, 0.6) is 0 Å². The van der Waals surface area contributed by atoms with Crippen LogP contribution in [0.25, 0.3) is 5.53 Å². The number of hydrogen-bond donors (Lipinski definition) is 0. The van der Waals surface area contributed by atoms with Gasteiger partial charge in [0.15, 0.2) is 0 Å². The molecular weight excluding hydrogens is 184 g/mol. The molecule has 74 valence electrons. The van der Waals surface area contributed by atoms with E-state index in [4.69, 9.17) is 5.53 Å². The summed E-state index contributed by atoms with van der Waals surface area (Å²) in [6.45, 7) is 0. The first-order chi connectivity index (χ1) is 6.58. The fourth-order valence-corrected chi connectivity index (χ4v) is 2.67. The third-order valence-corrected chi connectivity index (χ3v) is 3.35. The number of nitrogens with zero attached hydrogens (tertiary/aromatic N) is 2. The van der Waals surface area contributed by atoms with Gasteiger partial charge in [-0.1, -0.05) is 0 Å². The first-order valence-corrected chi connectivity index (χ1v) is 4.39. The van der Waals surface area contributed by atoms with Gasteiger partial charge in [-0.05, 0) is 19.3 Å². The van der Waals surface area contributed by atoms with Gasteiger partial charge in [-0.2, -0.15) is 4.79 Å². The summed E-state index contributed by atoms with van der Waals surface area (Å²) in [5, 5.41) is 0. The Balaban J connectivity index is 2.04. The maximum Gasteiger partial charge on any atom is 0.323 e. The van der Waals surface area contributed by atoms with Crippen molar-refractivity contribution >= 4 is 18.0 Å². The lowest BCUT2D eigenvalue weighted by Crippen LogP contribution is -2.69. The topological polar surface area (TPSA) is 79.8 Å². The van der Waals surface area contributed by atoms with Crippen LogP contribution in [0.2, 0.25) is 0 Å². The fourth-order valence-electron chi connectivity index (χ4n) is 2.67. The van der Waals surface area contributed by atoms with Gasteiger partial charge < -0.3 is 10.3 Å². The van der Waals surface area contributed by atoms with Crippen molar-refractivity contribution in [2.45, 2.75) is 19.3 Å². The SMILES string of the molecule is COC(=O)C12CC(C(=O)C=[N+]=[N-])(C1)C2. The fraction of sp³-hybridized carbons (Fsp3) is 0.667. The number of ether oxygens (including phenoxy) is 1. The Bertz CT molecular complexity index is 348. The lowest BCUT2D eigenvalue weighted by molar-refractivity contribution is -0.219. The van der Waals surface area contributed by atoms with Crippen molar-refractivity contribution < 1.29 is 19.1 Å². The number of methoxy groups -OCH3 is 1. The molecule has 0 unspecified atom stereocenters. The van der Waals surface area contributed by atoms with Crippen molar-refractivity contribution in [3.8, 4) is 0 Å². The Kier molecular flexibility index (Phi) is 1.63. The van der Waals surface area contributed by atoms with E-state index >= 15 is 0 Å². The zero-order valence-electron chi connectivity index (χ0n) is 7.82. The second-order valence-corrected chi connectivity index (χ2v) is 4.19. The van der Waals surface area contributed by atoms with Crippen molar-refractivity contribution in [2.75, 3.05) is 7.11 Å². The summed E-state index contributed by atoms with van der Waals surface area (Å²) in [5.74, 6) is -0.418. The first kappa shape index (κ1) is 9.09. The third kappa shape index (κ3) is 0.849. The molecule has 0 amide bonds. The number of carbonyl (C=O) groups excluding carboxylic acids is 2. The highest BCUT2D eigenvalue weighted by Gasteiger charge is 2.75. The maximum absolute atomic E-state index is 11.4. The predicted octanol–water partition coefficient (Wildman–Crippen LogP) is 0.199. The molecule has 3 aliphatic rings. The molecule has 5 nitrogen and oxygen atoms in total. The molecule has 0 heterocycles. The van der Waals surface area contributed by atoms with E-state index in [0.717, 1.165) is 6.21 Å². The summed E-state index contributed by atoms with van der Waals surface area (Å²) in [4.78, 5) is 25.3. The number of hydrogen-bond acceptors (Lipinski definition) is 3. The highest BCUT2D eigenvalue weighted by molar-refractivity contribution is 6.29. The molecule has 0 aromatic rings. The first-order valence-electron chi connectivity index (χ1n) is 4.39. The van der Waals surface area contributed by atoms with Gasteiger partial charge in [0.1, 0.15) is 0 Å². The Hall–Kier alpha value is -1.48. The van der Waals surface area contributed by atoms with Gasteiger partial charge in [-0.25, -0.2) is 0 Å². The smallest absolute Gasteiger partial charge is 0.323 e. The second-order valence-electron chi connectivity index (χ2n) is 4.19. The monoisotopic (exact) mass is 194 g/mol. The summed E-state index contributed by atoms with van der Waals surface area (Å²) in [5.41, 5.74) is 7.37. The molecule has 3 rings (SSSR count). The van der Waals surface area contributed by atoms with Crippen LogP contribution < -0.4 is 0 Å². The van der Waals surface area contributed by atoms with E-state index in [2.05, 4.69) is 9.53 Å². The summed E-state index contributed by atoms with van der Waals surface area (Å²) in [6.07, 6.45) is 2.53. The molecule has 0 aromatic carbocycles. The lowest BCUT2D eigenvalue weighted by Gasteiger charge is -2.66. The molecule has 0 aromatic heterocycles. The quantitative estimate of drug-likeness (QED) is 0.278. The number of rotatable bonds is 3. The minimum absolute atomic E-state index is 0.189. The summed E-state index contributed by atoms with van der Waals surface area (Å²) >= 11 is 0. The molecule has 2 bridgehead atoms. The van der Waals surface area contributed by atoms with Gasteiger partial charge in [0.05, 0.1) is 12.5 Å². The molecule has 3 saturated carbocycles. The molecule has 0 radical (unpaired) electrons. The van der Waals surface area contributed by atoms with E-state index in [0.29, 0.717) is 19.3 Å². The van der Waals surface area contributed by atoms with Crippen LogP contribution in [-0.4, -0.2) is 29.9 Å². The Morgan fingerprint density at radius 1 is 1.36 bits per heavy atom. The molecule has 3 aliphatic carbocycles. The summed E-state index contributed by atoms with van der Waals surface area (Å²) in [7, 11) is 1.35. The van der Waals surface area contributed by atoms with E-state index in [-0.39, 0.29) is 11.8 Å². The van der Waals surface area contributed by atoms with Gasteiger partial charge in [-0.3, -0.25) is 9.59 Å². The summed E-state index contributed by atoms with van der Waals surface area (Å²) < 4.78 is 4.65. The Labute approximate surface area is 80.7 Å². The molecule has 3 fully saturated rings. The Morgan fingerprint density at radius 3 is 2.36 bits per heavy atom. The lowest BCUT2D eigenvalue weighted by atomic mass is 9.34. The van der Waals surface area contributed by atoms with Crippen LogP contribution in [0.3, 0.4) is 0 Å². The van der Waals surface area contributed by atoms with E-state index < -0.39 is 10.8 Å².